The lowest BCUT2D eigenvalue weighted by Crippen LogP contribution is -2.66. The highest BCUT2D eigenvalue weighted by Crippen LogP contribution is 2.63. The molecule has 2 aromatic rings. The van der Waals surface area contributed by atoms with Crippen molar-refractivity contribution >= 4 is 5.91 Å². The molecule has 3 aliphatic rings. The van der Waals surface area contributed by atoms with Crippen LogP contribution in [0.5, 0.6) is 5.75 Å². The van der Waals surface area contributed by atoms with E-state index < -0.39 is 40.4 Å². The predicted octanol–water partition coefficient (Wildman–Crippen LogP) is 3.80. The number of benzene rings is 1. The topological polar surface area (TPSA) is 65.8 Å². The maximum absolute atomic E-state index is 15.0. The monoisotopic (exact) mass is 443 g/mol. The molecule has 0 bridgehead atoms. The minimum Gasteiger partial charge on any atom is -0.502 e. The van der Waals surface area contributed by atoms with Crippen molar-refractivity contribution < 1.29 is 18.7 Å². The average Bonchev–Trinajstić information content (AvgIpc) is 2.97. The van der Waals surface area contributed by atoms with Gasteiger partial charge in [0.05, 0.1) is 6.04 Å². The van der Waals surface area contributed by atoms with Gasteiger partial charge in [-0.05, 0) is 37.3 Å². The highest BCUT2D eigenvalue weighted by Gasteiger charge is 2.62. The van der Waals surface area contributed by atoms with Gasteiger partial charge >= 0.3 is 0 Å². The molecule has 170 valence electrons. The fraction of sp³-hybridized carbons (Fsp3) is 0.500. The Labute approximate surface area is 185 Å². The van der Waals surface area contributed by atoms with Crippen molar-refractivity contribution in [3.63, 3.8) is 0 Å². The van der Waals surface area contributed by atoms with Crippen LogP contribution in [0.2, 0.25) is 0 Å². The van der Waals surface area contributed by atoms with Crippen molar-refractivity contribution in [2.45, 2.75) is 57.7 Å². The fourth-order valence-corrected chi connectivity index (χ4v) is 6.23. The van der Waals surface area contributed by atoms with Crippen LogP contribution < -0.4 is 10.4 Å². The zero-order valence-corrected chi connectivity index (χ0v) is 18.4. The van der Waals surface area contributed by atoms with Gasteiger partial charge in [-0.15, -0.1) is 0 Å². The number of fused-ring (bicyclic) bond motifs is 3. The molecule has 4 atom stereocenters. The van der Waals surface area contributed by atoms with Crippen LogP contribution >= 0.6 is 0 Å². The molecule has 1 saturated heterocycles. The number of rotatable bonds is 1. The van der Waals surface area contributed by atoms with Crippen LogP contribution in [-0.4, -0.2) is 39.7 Å². The summed E-state index contributed by atoms with van der Waals surface area (Å²) in [4.78, 5) is 26.7. The first-order valence-electron chi connectivity index (χ1n) is 11.0. The zero-order valence-electron chi connectivity index (χ0n) is 18.4. The Hall–Kier alpha value is -2.90. The number of alkyl halides is 2. The van der Waals surface area contributed by atoms with Crippen LogP contribution in [0.3, 0.4) is 0 Å². The summed E-state index contributed by atoms with van der Waals surface area (Å²) < 4.78 is 31.5. The van der Waals surface area contributed by atoms with Gasteiger partial charge in [0.1, 0.15) is 6.17 Å². The summed E-state index contributed by atoms with van der Waals surface area (Å²) in [7, 11) is 1.64. The second-order valence-corrected chi connectivity index (χ2v) is 9.70. The van der Waals surface area contributed by atoms with E-state index in [1.54, 1.807) is 14.0 Å². The van der Waals surface area contributed by atoms with Gasteiger partial charge in [0, 0.05) is 37.1 Å². The zero-order chi connectivity index (χ0) is 23.0. The maximum atomic E-state index is 15.0. The summed E-state index contributed by atoms with van der Waals surface area (Å²) in [5, 5.41) is 12.4. The molecule has 6 nitrogen and oxygen atoms in total. The summed E-state index contributed by atoms with van der Waals surface area (Å²) in [6.45, 7) is 3.57. The fourth-order valence-electron chi connectivity index (χ4n) is 6.23. The maximum Gasteiger partial charge on any atom is 0.277 e. The molecule has 1 amide bonds. The number of aryl methyl sites for hydroxylation is 1. The van der Waals surface area contributed by atoms with E-state index in [1.807, 2.05) is 36.2 Å². The number of nitrogens with zero attached hydrogens (tertiary/aromatic N) is 3. The second kappa shape index (κ2) is 6.80. The molecule has 1 aromatic heterocycles. The standard InChI is InChI=1S/C24H27F2N3O3/c1-14-6-4-5-7-16(14)21-23(12-15(2)24(25,26)13-23)10-8-18-27(3)22(32)19-20(31)17(30)9-11-28(19)29(18)21/h4-7,9,11,15,18,21,31H,8,10,12-13H2,1-3H3. The van der Waals surface area contributed by atoms with Gasteiger partial charge < -0.3 is 10.0 Å². The number of piperidine rings is 1. The first kappa shape index (κ1) is 21.0. The first-order valence-corrected chi connectivity index (χ1v) is 11.0. The molecular formula is C24H27F2N3O3. The number of hydrogen-bond acceptors (Lipinski definition) is 4. The van der Waals surface area contributed by atoms with Crippen molar-refractivity contribution in [3.8, 4) is 5.75 Å². The van der Waals surface area contributed by atoms with Gasteiger partial charge in [0.2, 0.25) is 5.43 Å². The Morgan fingerprint density at radius 3 is 2.53 bits per heavy atom. The van der Waals surface area contributed by atoms with Gasteiger partial charge in [-0.2, -0.15) is 0 Å². The van der Waals surface area contributed by atoms with Crippen LogP contribution in [0.4, 0.5) is 8.78 Å². The molecule has 4 unspecified atom stereocenters. The quantitative estimate of drug-likeness (QED) is 0.728. The largest absolute Gasteiger partial charge is 0.502 e. The molecule has 2 fully saturated rings. The molecule has 1 spiro atoms. The number of hydrogen-bond donors (Lipinski definition) is 1. The summed E-state index contributed by atoms with van der Waals surface area (Å²) >= 11 is 0. The number of aromatic nitrogens is 1. The number of carbonyl (C=O) groups excluding carboxylic acids is 1. The molecule has 5 rings (SSSR count). The smallest absolute Gasteiger partial charge is 0.277 e. The van der Waals surface area contributed by atoms with Crippen molar-refractivity contribution in [1.29, 1.82) is 0 Å². The van der Waals surface area contributed by atoms with E-state index in [-0.39, 0.29) is 18.3 Å². The van der Waals surface area contributed by atoms with Crippen LogP contribution in [0, 0.1) is 18.3 Å². The van der Waals surface area contributed by atoms with E-state index >= 15 is 0 Å². The summed E-state index contributed by atoms with van der Waals surface area (Å²) in [5.41, 5.74) is 0.435. The van der Waals surface area contributed by atoms with Gasteiger partial charge in [-0.3, -0.25) is 19.3 Å². The second-order valence-electron chi connectivity index (χ2n) is 9.70. The number of amides is 1. The molecule has 2 aliphatic heterocycles. The molecule has 1 N–H and O–H groups in total. The van der Waals surface area contributed by atoms with Crippen LogP contribution in [0.1, 0.15) is 60.3 Å². The average molecular weight is 443 g/mol. The van der Waals surface area contributed by atoms with Crippen molar-refractivity contribution in [3.05, 3.63) is 63.6 Å². The van der Waals surface area contributed by atoms with E-state index in [2.05, 4.69) is 0 Å². The molecule has 1 aliphatic carbocycles. The Bertz CT molecular complexity index is 1160. The third-order valence-corrected chi connectivity index (χ3v) is 7.83. The predicted molar refractivity (Wildman–Crippen MR) is 115 cm³/mol. The SMILES string of the molecule is Cc1ccccc1C1N2C(CCC13CC(C)C(F)(F)C3)N(C)C(=O)c1c(O)c(=O)ccn12. The summed E-state index contributed by atoms with van der Waals surface area (Å²) in [6, 6.07) is 8.51. The number of pyridine rings is 1. The lowest BCUT2D eigenvalue weighted by Gasteiger charge is -2.58. The van der Waals surface area contributed by atoms with Gasteiger partial charge in [-0.25, -0.2) is 8.78 Å². The van der Waals surface area contributed by atoms with Gasteiger partial charge in [-0.1, -0.05) is 31.2 Å². The lowest BCUT2D eigenvalue weighted by molar-refractivity contribution is -0.0452. The van der Waals surface area contributed by atoms with E-state index in [0.717, 1.165) is 11.1 Å². The highest BCUT2D eigenvalue weighted by atomic mass is 19.3. The van der Waals surface area contributed by atoms with Crippen LogP contribution in [0.15, 0.2) is 41.3 Å². The van der Waals surface area contributed by atoms with Crippen LogP contribution in [-0.2, 0) is 0 Å². The van der Waals surface area contributed by atoms with E-state index in [0.29, 0.717) is 19.3 Å². The number of halogens is 2. The molecule has 1 saturated carbocycles. The molecule has 8 heteroatoms. The van der Waals surface area contributed by atoms with Crippen molar-refractivity contribution in [2.75, 3.05) is 12.1 Å². The number of carbonyl (C=O) groups is 1. The van der Waals surface area contributed by atoms with Crippen molar-refractivity contribution in [1.82, 2.24) is 9.58 Å². The highest BCUT2D eigenvalue weighted by molar-refractivity contribution is 5.96. The van der Waals surface area contributed by atoms with Crippen molar-refractivity contribution in [2.24, 2.45) is 11.3 Å². The van der Waals surface area contributed by atoms with E-state index in [1.165, 1.54) is 21.8 Å². The molecule has 3 heterocycles. The Balaban J connectivity index is 1.78. The molecular weight excluding hydrogens is 416 g/mol. The normalized spacial score (nSPS) is 31.0. The number of aromatic hydroxyl groups is 1. The van der Waals surface area contributed by atoms with Gasteiger partial charge in [0.25, 0.3) is 11.8 Å². The Morgan fingerprint density at radius 1 is 1.16 bits per heavy atom. The minimum absolute atomic E-state index is 0.121. The molecule has 0 radical (unpaired) electrons. The molecule has 1 aromatic carbocycles. The minimum atomic E-state index is -2.78. The Kier molecular flexibility index (Phi) is 4.45. The molecule has 32 heavy (non-hydrogen) atoms. The third kappa shape index (κ3) is 2.74. The summed E-state index contributed by atoms with van der Waals surface area (Å²) in [6.07, 6.45) is 2.32. The Morgan fingerprint density at radius 2 is 1.88 bits per heavy atom. The van der Waals surface area contributed by atoms with Gasteiger partial charge in [0.15, 0.2) is 11.4 Å². The van der Waals surface area contributed by atoms with E-state index in [4.69, 9.17) is 0 Å². The van der Waals surface area contributed by atoms with E-state index in [9.17, 15) is 23.5 Å². The summed E-state index contributed by atoms with van der Waals surface area (Å²) in [5.74, 6) is -4.60. The third-order valence-electron chi connectivity index (χ3n) is 7.83. The lowest BCUT2D eigenvalue weighted by atomic mass is 9.67. The van der Waals surface area contributed by atoms with Crippen LogP contribution in [0.25, 0.3) is 0 Å². The first-order chi connectivity index (χ1) is 15.1.